The van der Waals surface area contributed by atoms with E-state index in [9.17, 15) is 20.1 Å². The lowest BCUT2D eigenvalue weighted by molar-refractivity contribution is -0.250. The van der Waals surface area contributed by atoms with Crippen LogP contribution in [0.5, 0.6) is 0 Å². The Balaban J connectivity index is 2.57. The third-order valence-electron chi connectivity index (χ3n) is 3.11. The molecule has 1 amide bonds. The minimum atomic E-state index is -2.75. The van der Waals surface area contributed by atoms with Gasteiger partial charge in [0.15, 0.2) is 0 Å². The molecule has 94 valence electrons. The maximum absolute atomic E-state index is 11.6. The second-order valence-corrected chi connectivity index (χ2v) is 5.04. The van der Waals surface area contributed by atoms with Crippen LogP contribution >= 0.6 is 0 Å². The molecule has 0 aliphatic heterocycles. The van der Waals surface area contributed by atoms with E-state index in [4.69, 9.17) is 0 Å². The molecule has 1 fully saturated rings. The predicted molar refractivity (Wildman–Crippen MR) is 58.5 cm³/mol. The Bertz CT molecular complexity index is 251. The van der Waals surface area contributed by atoms with E-state index < -0.39 is 17.3 Å². The van der Waals surface area contributed by atoms with Crippen molar-refractivity contribution in [2.75, 3.05) is 0 Å². The number of carbonyl (C=O) groups is 1. The Morgan fingerprint density at radius 3 is 2.06 bits per heavy atom. The summed E-state index contributed by atoms with van der Waals surface area (Å²) in [6.45, 7) is 2.38. The number of rotatable bonds is 3. The van der Waals surface area contributed by atoms with Crippen molar-refractivity contribution in [2.24, 2.45) is 0 Å². The topological polar surface area (TPSA) is 89.8 Å². The van der Waals surface area contributed by atoms with Gasteiger partial charge in [-0.3, -0.25) is 4.79 Å². The molecule has 0 aromatic rings. The maximum Gasteiger partial charge on any atom is 0.283 e. The van der Waals surface area contributed by atoms with E-state index in [-0.39, 0.29) is 6.04 Å². The zero-order valence-electron chi connectivity index (χ0n) is 9.86. The van der Waals surface area contributed by atoms with E-state index >= 15 is 0 Å². The molecule has 0 bridgehead atoms. The molecule has 0 aromatic carbocycles. The molecule has 0 atom stereocenters. The van der Waals surface area contributed by atoms with Gasteiger partial charge in [-0.2, -0.15) is 0 Å². The van der Waals surface area contributed by atoms with E-state index in [1.165, 1.54) is 13.8 Å². The van der Waals surface area contributed by atoms with Crippen molar-refractivity contribution in [3.63, 3.8) is 0 Å². The summed E-state index contributed by atoms with van der Waals surface area (Å²) in [5.41, 5.74) is -1.88. The molecular formula is C11H21NO4. The number of amides is 1. The Kier molecular flexibility index (Phi) is 3.93. The monoisotopic (exact) mass is 231 g/mol. The van der Waals surface area contributed by atoms with Crippen molar-refractivity contribution in [2.45, 2.75) is 63.4 Å². The van der Waals surface area contributed by atoms with Crippen molar-refractivity contribution in [1.82, 2.24) is 5.32 Å². The van der Waals surface area contributed by atoms with Crippen molar-refractivity contribution in [1.29, 1.82) is 0 Å². The van der Waals surface area contributed by atoms with E-state index in [1.54, 1.807) is 0 Å². The summed E-state index contributed by atoms with van der Waals surface area (Å²) >= 11 is 0. The minimum Gasteiger partial charge on any atom is -0.384 e. The van der Waals surface area contributed by atoms with Crippen LogP contribution < -0.4 is 5.32 Å². The summed E-state index contributed by atoms with van der Waals surface area (Å²) < 4.78 is 0. The molecule has 16 heavy (non-hydrogen) atoms. The van der Waals surface area contributed by atoms with Crippen LogP contribution in [0, 0.1) is 0 Å². The summed E-state index contributed by atoms with van der Waals surface area (Å²) in [6, 6.07) is -0.0118. The van der Waals surface area contributed by atoms with Crippen LogP contribution in [0.1, 0.15) is 46.0 Å². The molecule has 5 nitrogen and oxygen atoms in total. The molecule has 5 heteroatoms. The lowest BCUT2D eigenvalue weighted by Crippen LogP contribution is -2.61. The van der Waals surface area contributed by atoms with Crippen LogP contribution in [-0.4, -0.2) is 38.7 Å². The molecular weight excluding hydrogens is 210 g/mol. The quantitative estimate of drug-likeness (QED) is 0.510. The second kappa shape index (κ2) is 4.69. The standard InChI is InChI=1S/C11H21NO4/c1-10(2,14)11(15,16)9(13)12-8-6-4-3-5-7-8/h8,14-16H,3-7H2,1-2H3,(H,12,13). The zero-order valence-corrected chi connectivity index (χ0v) is 9.86. The highest BCUT2D eigenvalue weighted by molar-refractivity contribution is 5.84. The number of nitrogens with one attached hydrogen (secondary N) is 1. The van der Waals surface area contributed by atoms with Gasteiger partial charge >= 0.3 is 0 Å². The lowest BCUT2D eigenvalue weighted by atomic mass is 9.93. The highest BCUT2D eigenvalue weighted by atomic mass is 16.5. The molecule has 1 aliphatic rings. The molecule has 0 unspecified atom stereocenters. The smallest absolute Gasteiger partial charge is 0.283 e. The molecule has 0 aromatic heterocycles. The van der Waals surface area contributed by atoms with E-state index in [2.05, 4.69) is 5.32 Å². The molecule has 0 saturated heterocycles. The van der Waals surface area contributed by atoms with Crippen LogP contribution in [0.25, 0.3) is 0 Å². The van der Waals surface area contributed by atoms with Gasteiger partial charge in [0.2, 0.25) is 0 Å². The van der Waals surface area contributed by atoms with Gasteiger partial charge in [0.05, 0.1) is 0 Å². The summed E-state index contributed by atoms with van der Waals surface area (Å²) in [7, 11) is 0. The SMILES string of the molecule is CC(C)(O)C(O)(O)C(=O)NC1CCCCC1. The summed E-state index contributed by atoms with van der Waals surface area (Å²) in [5, 5.41) is 31.1. The first kappa shape index (κ1) is 13.4. The van der Waals surface area contributed by atoms with Crippen molar-refractivity contribution in [3.8, 4) is 0 Å². The van der Waals surface area contributed by atoms with Gasteiger partial charge in [-0.1, -0.05) is 19.3 Å². The second-order valence-electron chi connectivity index (χ2n) is 5.04. The van der Waals surface area contributed by atoms with Gasteiger partial charge in [0.25, 0.3) is 11.7 Å². The average Bonchev–Trinajstić information content (AvgIpc) is 2.17. The lowest BCUT2D eigenvalue weighted by Gasteiger charge is -2.34. The molecule has 4 N–H and O–H groups in total. The third kappa shape index (κ3) is 2.93. The van der Waals surface area contributed by atoms with Crippen molar-refractivity contribution < 1.29 is 20.1 Å². The fourth-order valence-corrected chi connectivity index (χ4v) is 1.81. The third-order valence-corrected chi connectivity index (χ3v) is 3.11. The number of hydrogen-bond donors (Lipinski definition) is 4. The molecule has 0 spiro atoms. The number of aliphatic hydroxyl groups is 3. The molecule has 0 radical (unpaired) electrons. The first-order valence-electron chi connectivity index (χ1n) is 5.73. The minimum absolute atomic E-state index is 0.0118. The first-order valence-corrected chi connectivity index (χ1v) is 5.73. The van der Waals surface area contributed by atoms with Crippen LogP contribution in [0.3, 0.4) is 0 Å². The maximum atomic E-state index is 11.6. The highest BCUT2D eigenvalue weighted by Crippen LogP contribution is 2.22. The van der Waals surface area contributed by atoms with Gasteiger partial charge in [0, 0.05) is 6.04 Å². The Labute approximate surface area is 95.5 Å². The highest BCUT2D eigenvalue weighted by Gasteiger charge is 2.48. The van der Waals surface area contributed by atoms with Crippen molar-refractivity contribution >= 4 is 5.91 Å². The number of carbonyl (C=O) groups excluding carboxylic acids is 1. The van der Waals surface area contributed by atoms with Crippen LogP contribution in [-0.2, 0) is 4.79 Å². The predicted octanol–water partition coefficient (Wildman–Crippen LogP) is -0.113. The Hall–Kier alpha value is -0.650. The molecule has 0 heterocycles. The zero-order chi connectivity index (χ0) is 12.4. The largest absolute Gasteiger partial charge is 0.384 e. The van der Waals surface area contributed by atoms with Gasteiger partial charge in [-0.05, 0) is 26.7 Å². The summed E-state index contributed by atoms with van der Waals surface area (Å²) in [5.74, 6) is -3.67. The Morgan fingerprint density at radius 1 is 1.12 bits per heavy atom. The average molecular weight is 231 g/mol. The van der Waals surface area contributed by atoms with Gasteiger partial charge < -0.3 is 20.6 Å². The van der Waals surface area contributed by atoms with Crippen molar-refractivity contribution in [3.05, 3.63) is 0 Å². The normalized spacial score (nSPS) is 19.6. The Morgan fingerprint density at radius 2 is 1.62 bits per heavy atom. The van der Waals surface area contributed by atoms with E-state index in [0.717, 1.165) is 32.1 Å². The van der Waals surface area contributed by atoms with E-state index in [0.29, 0.717) is 0 Å². The fraction of sp³-hybridized carbons (Fsp3) is 0.909. The summed E-state index contributed by atoms with van der Waals surface area (Å²) in [4.78, 5) is 11.6. The van der Waals surface area contributed by atoms with Crippen LogP contribution in [0.4, 0.5) is 0 Å². The molecule has 1 rings (SSSR count). The van der Waals surface area contributed by atoms with Gasteiger partial charge in [0.1, 0.15) is 5.60 Å². The van der Waals surface area contributed by atoms with Crippen LogP contribution in [0.2, 0.25) is 0 Å². The molecule has 1 saturated carbocycles. The molecule has 1 aliphatic carbocycles. The van der Waals surface area contributed by atoms with Crippen LogP contribution in [0.15, 0.2) is 0 Å². The number of hydrogen-bond acceptors (Lipinski definition) is 4. The van der Waals surface area contributed by atoms with Gasteiger partial charge in [-0.15, -0.1) is 0 Å². The fourth-order valence-electron chi connectivity index (χ4n) is 1.81. The van der Waals surface area contributed by atoms with E-state index in [1.807, 2.05) is 0 Å². The summed E-state index contributed by atoms with van der Waals surface area (Å²) in [6.07, 6.45) is 4.94. The van der Waals surface area contributed by atoms with Gasteiger partial charge in [-0.25, -0.2) is 0 Å². The first-order chi connectivity index (χ1) is 7.25.